The van der Waals surface area contributed by atoms with Crippen molar-refractivity contribution >= 4 is 5.91 Å². The van der Waals surface area contributed by atoms with Gasteiger partial charge in [-0.15, -0.1) is 0 Å². The van der Waals surface area contributed by atoms with Crippen LogP contribution >= 0.6 is 0 Å². The van der Waals surface area contributed by atoms with E-state index in [1.165, 1.54) is 6.07 Å². The Labute approximate surface area is 107 Å². The fourth-order valence-electron chi connectivity index (χ4n) is 2.20. The third-order valence-electron chi connectivity index (χ3n) is 3.47. The number of carbonyl (C=O) groups is 1. The number of carbonyl (C=O) groups excluding carboxylic acids is 1. The molecule has 0 heterocycles. The van der Waals surface area contributed by atoms with Crippen LogP contribution in [0.5, 0.6) is 5.75 Å². The highest BCUT2D eigenvalue weighted by molar-refractivity contribution is 5.97. The summed E-state index contributed by atoms with van der Waals surface area (Å²) in [5.41, 5.74) is 0.349. The minimum Gasteiger partial charge on any atom is -0.507 e. The average molecular weight is 249 g/mol. The van der Waals surface area contributed by atoms with E-state index in [0.717, 1.165) is 19.3 Å². The molecule has 1 aromatic carbocycles. The Morgan fingerprint density at radius 3 is 2.61 bits per heavy atom. The lowest BCUT2D eigenvalue weighted by Crippen LogP contribution is -2.45. The zero-order chi connectivity index (χ0) is 13.0. The maximum absolute atomic E-state index is 12.4. The zero-order valence-corrected chi connectivity index (χ0v) is 10.4. The Morgan fingerprint density at radius 2 is 2.06 bits per heavy atom. The van der Waals surface area contributed by atoms with E-state index in [9.17, 15) is 9.90 Å². The fourth-order valence-corrected chi connectivity index (χ4v) is 2.20. The van der Waals surface area contributed by atoms with Crippen molar-refractivity contribution in [3.05, 3.63) is 29.8 Å². The first kappa shape index (κ1) is 12.9. The van der Waals surface area contributed by atoms with Crippen LogP contribution in [0.3, 0.4) is 0 Å². The lowest BCUT2D eigenvalue weighted by atomic mass is 9.90. The van der Waals surface area contributed by atoms with E-state index >= 15 is 0 Å². The number of amides is 1. The van der Waals surface area contributed by atoms with Crippen LogP contribution in [0.4, 0.5) is 0 Å². The molecule has 18 heavy (non-hydrogen) atoms. The first-order chi connectivity index (χ1) is 8.74. The fraction of sp³-hybridized carbons (Fsp3) is 0.500. The molecule has 0 spiro atoms. The van der Waals surface area contributed by atoms with Crippen molar-refractivity contribution in [2.24, 2.45) is 0 Å². The Hall–Kier alpha value is -1.55. The lowest BCUT2D eigenvalue weighted by Gasteiger charge is -2.37. The second-order valence-electron chi connectivity index (χ2n) is 4.68. The number of aliphatic hydroxyl groups is 1. The minimum atomic E-state index is -0.133. The predicted molar refractivity (Wildman–Crippen MR) is 68.5 cm³/mol. The summed E-state index contributed by atoms with van der Waals surface area (Å²) in [5, 5.41) is 18.6. The second kappa shape index (κ2) is 5.87. The van der Waals surface area contributed by atoms with Crippen LogP contribution in [0.1, 0.15) is 36.0 Å². The number of phenols is 1. The molecule has 1 aromatic rings. The second-order valence-corrected chi connectivity index (χ2v) is 4.68. The molecule has 4 nitrogen and oxygen atoms in total. The van der Waals surface area contributed by atoms with Gasteiger partial charge < -0.3 is 15.1 Å². The maximum atomic E-state index is 12.4. The average Bonchev–Trinajstić information content (AvgIpc) is 2.32. The standard InChI is InChI=1S/C14H19NO3/c16-10-4-9-15(11-5-3-6-11)14(18)12-7-1-2-8-13(12)17/h1-2,7-8,11,16-17H,3-6,9-10H2. The summed E-state index contributed by atoms with van der Waals surface area (Å²) in [5.74, 6) is -0.109. The molecule has 4 heteroatoms. The van der Waals surface area contributed by atoms with E-state index in [0.29, 0.717) is 18.5 Å². The minimum absolute atomic E-state index is 0.0239. The van der Waals surface area contributed by atoms with E-state index < -0.39 is 0 Å². The van der Waals surface area contributed by atoms with Gasteiger partial charge in [0.05, 0.1) is 5.56 Å². The quantitative estimate of drug-likeness (QED) is 0.836. The van der Waals surface area contributed by atoms with E-state index in [1.54, 1.807) is 23.1 Å². The molecule has 1 saturated carbocycles. The Balaban J connectivity index is 2.14. The molecule has 0 aliphatic heterocycles. The highest BCUT2D eigenvalue weighted by atomic mass is 16.3. The molecule has 0 saturated heterocycles. The topological polar surface area (TPSA) is 60.8 Å². The zero-order valence-electron chi connectivity index (χ0n) is 10.4. The molecule has 0 bridgehead atoms. The van der Waals surface area contributed by atoms with Gasteiger partial charge in [-0.25, -0.2) is 0 Å². The summed E-state index contributed by atoms with van der Waals surface area (Å²) >= 11 is 0. The third-order valence-corrected chi connectivity index (χ3v) is 3.47. The molecule has 1 amide bonds. The number of aliphatic hydroxyl groups excluding tert-OH is 1. The molecule has 0 aromatic heterocycles. The van der Waals surface area contributed by atoms with Crippen molar-refractivity contribution in [2.75, 3.05) is 13.2 Å². The van der Waals surface area contributed by atoms with Crippen LogP contribution in [-0.2, 0) is 0 Å². The largest absolute Gasteiger partial charge is 0.507 e. The predicted octanol–water partition coefficient (Wildman–Crippen LogP) is 1.77. The SMILES string of the molecule is O=C(c1ccccc1O)N(CCCO)C1CCC1. The number of rotatable bonds is 5. The smallest absolute Gasteiger partial charge is 0.257 e. The summed E-state index contributed by atoms with van der Waals surface area (Å²) in [6.45, 7) is 0.631. The third kappa shape index (κ3) is 2.64. The Bertz CT molecular complexity index is 415. The van der Waals surface area contributed by atoms with Crippen molar-refractivity contribution in [3.63, 3.8) is 0 Å². The normalized spacial score (nSPS) is 15.2. The van der Waals surface area contributed by atoms with Crippen molar-refractivity contribution in [3.8, 4) is 5.75 Å². The van der Waals surface area contributed by atoms with E-state index in [1.807, 2.05) is 0 Å². The summed E-state index contributed by atoms with van der Waals surface area (Å²) in [7, 11) is 0. The molecule has 0 atom stereocenters. The van der Waals surface area contributed by atoms with Gasteiger partial charge >= 0.3 is 0 Å². The van der Waals surface area contributed by atoms with E-state index in [-0.39, 0.29) is 24.3 Å². The van der Waals surface area contributed by atoms with Gasteiger partial charge in [-0.2, -0.15) is 0 Å². The Morgan fingerprint density at radius 1 is 1.33 bits per heavy atom. The highest BCUT2D eigenvalue weighted by Gasteiger charge is 2.29. The van der Waals surface area contributed by atoms with Crippen LogP contribution in [0, 0.1) is 0 Å². The van der Waals surface area contributed by atoms with Gasteiger partial charge in [0.1, 0.15) is 5.75 Å². The summed E-state index contributed by atoms with van der Waals surface area (Å²) in [6, 6.07) is 6.88. The van der Waals surface area contributed by atoms with Crippen molar-refractivity contribution in [2.45, 2.75) is 31.7 Å². The van der Waals surface area contributed by atoms with Crippen LogP contribution < -0.4 is 0 Å². The highest BCUT2D eigenvalue weighted by Crippen LogP contribution is 2.28. The van der Waals surface area contributed by atoms with Crippen LogP contribution in [-0.4, -0.2) is 40.2 Å². The molecular weight excluding hydrogens is 230 g/mol. The Kier molecular flexibility index (Phi) is 4.20. The van der Waals surface area contributed by atoms with Crippen LogP contribution in [0.25, 0.3) is 0 Å². The first-order valence-electron chi connectivity index (χ1n) is 6.44. The summed E-state index contributed by atoms with van der Waals surface area (Å²) in [6.07, 6.45) is 3.76. The van der Waals surface area contributed by atoms with Crippen molar-refractivity contribution in [1.29, 1.82) is 0 Å². The summed E-state index contributed by atoms with van der Waals surface area (Å²) < 4.78 is 0. The number of benzene rings is 1. The molecule has 1 fully saturated rings. The molecule has 0 unspecified atom stereocenters. The van der Waals surface area contributed by atoms with Crippen molar-refractivity contribution < 1.29 is 15.0 Å². The van der Waals surface area contributed by atoms with Gasteiger partial charge in [0, 0.05) is 19.2 Å². The number of phenolic OH excluding ortho intramolecular Hbond substituents is 1. The van der Waals surface area contributed by atoms with Crippen molar-refractivity contribution in [1.82, 2.24) is 4.90 Å². The number of aromatic hydroxyl groups is 1. The number of nitrogens with zero attached hydrogens (tertiary/aromatic N) is 1. The molecule has 1 aliphatic rings. The molecule has 0 radical (unpaired) electrons. The number of hydrogen-bond acceptors (Lipinski definition) is 3. The van der Waals surface area contributed by atoms with Gasteiger partial charge in [-0.1, -0.05) is 12.1 Å². The molecule has 2 rings (SSSR count). The van der Waals surface area contributed by atoms with Gasteiger partial charge in [0.15, 0.2) is 0 Å². The maximum Gasteiger partial charge on any atom is 0.257 e. The van der Waals surface area contributed by atoms with Gasteiger partial charge in [-0.05, 0) is 37.8 Å². The lowest BCUT2D eigenvalue weighted by molar-refractivity contribution is 0.0559. The molecule has 98 valence electrons. The van der Waals surface area contributed by atoms with E-state index in [4.69, 9.17) is 5.11 Å². The van der Waals surface area contributed by atoms with Gasteiger partial charge in [0.2, 0.25) is 0 Å². The molecule has 1 aliphatic carbocycles. The van der Waals surface area contributed by atoms with Gasteiger partial charge in [0.25, 0.3) is 5.91 Å². The summed E-state index contributed by atoms with van der Waals surface area (Å²) in [4.78, 5) is 14.2. The monoisotopic (exact) mass is 249 g/mol. The van der Waals surface area contributed by atoms with Gasteiger partial charge in [-0.3, -0.25) is 4.79 Å². The molecular formula is C14H19NO3. The number of hydrogen-bond donors (Lipinski definition) is 2. The first-order valence-corrected chi connectivity index (χ1v) is 6.44. The van der Waals surface area contributed by atoms with E-state index in [2.05, 4.69) is 0 Å². The number of para-hydroxylation sites is 1. The van der Waals surface area contributed by atoms with Crippen LogP contribution in [0.15, 0.2) is 24.3 Å². The van der Waals surface area contributed by atoms with Crippen LogP contribution in [0.2, 0.25) is 0 Å². The molecule has 2 N–H and O–H groups in total.